The lowest BCUT2D eigenvalue weighted by Crippen LogP contribution is -2.44. The topological polar surface area (TPSA) is 61.9 Å². The van der Waals surface area contributed by atoms with Crippen molar-refractivity contribution in [3.63, 3.8) is 0 Å². The summed E-state index contributed by atoms with van der Waals surface area (Å²) in [4.78, 5) is 27.4. The Kier molecular flexibility index (Phi) is 6.49. The number of halogens is 1. The Labute approximate surface area is 135 Å². The van der Waals surface area contributed by atoms with Gasteiger partial charge >= 0.3 is 0 Å². The average molecular weight is 323 g/mol. The molecule has 6 nitrogen and oxygen atoms in total. The molecule has 1 fully saturated rings. The molecule has 2 rings (SSSR count). The SMILES string of the molecule is CC(=O)N(CCN1CCOCC1)CC(=O)Nc1ccc(F)cc1. The highest BCUT2D eigenvalue weighted by Gasteiger charge is 2.16. The van der Waals surface area contributed by atoms with Gasteiger partial charge in [-0.25, -0.2) is 4.39 Å². The fourth-order valence-corrected chi connectivity index (χ4v) is 2.34. The highest BCUT2D eigenvalue weighted by atomic mass is 19.1. The molecule has 7 heteroatoms. The van der Waals surface area contributed by atoms with Crippen LogP contribution in [0, 0.1) is 5.82 Å². The second kappa shape index (κ2) is 8.59. The standard InChI is InChI=1S/C16H22FN3O3/c1-13(21)20(7-6-19-8-10-23-11-9-19)12-16(22)18-15-4-2-14(17)3-5-15/h2-5H,6-12H2,1H3,(H,18,22). The number of ether oxygens (including phenoxy) is 1. The maximum absolute atomic E-state index is 12.8. The lowest BCUT2D eigenvalue weighted by Gasteiger charge is -2.29. The van der Waals surface area contributed by atoms with Gasteiger partial charge in [0, 0.05) is 38.8 Å². The maximum Gasteiger partial charge on any atom is 0.243 e. The Morgan fingerprint density at radius 2 is 1.91 bits per heavy atom. The monoisotopic (exact) mass is 323 g/mol. The fraction of sp³-hybridized carbons (Fsp3) is 0.500. The van der Waals surface area contributed by atoms with Crippen molar-refractivity contribution in [3.8, 4) is 0 Å². The Balaban J connectivity index is 1.81. The van der Waals surface area contributed by atoms with Gasteiger partial charge < -0.3 is 15.0 Å². The number of nitrogens with zero attached hydrogens (tertiary/aromatic N) is 2. The van der Waals surface area contributed by atoms with Gasteiger partial charge in [-0.1, -0.05) is 0 Å². The molecule has 1 N–H and O–H groups in total. The summed E-state index contributed by atoms with van der Waals surface area (Å²) in [7, 11) is 0. The number of hydrogen-bond acceptors (Lipinski definition) is 4. The van der Waals surface area contributed by atoms with Crippen LogP contribution in [-0.2, 0) is 14.3 Å². The van der Waals surface area contributed by atoms with Crippen molar-refractivity contribution in [2.45, 2.75) is 6.92 Å². The van der Waals surface area contributed by atoms with Gasteiger partial charge in [-0.2, -0.15) is 0 Å². The number of morpholine rings is 1. The van der Waals surface area contributed by atoms with E-state index in [4.69, 9.17) is 4.74 Å². The van der Waals surface area contributed by atoms with Crippen LogP contribution in [0.2, 0.25) is 0 Å². The zero-order chi connectivity index (χ0) is 16.7. The Hall–Kier alpha value is -1.99. The van der Waals surface area contributed by atoms with Crippen molar-refractivity contribution in [1.82, 2.24) is 9.80 Å². The number of hydrogen-bond donors (Lipinski definition) is 1. The third-order valence-electron chi connectivity index (χ3n) is 3.70. The second-order valence-electron chi connectivity index (χ2n) is 5.45. The molecule has 0 saturated carbocycles. The molecule has 0 atom stereocenters. The van der Waals surface area contributed by atoms with Gasteiger partial charge in [-0.3, -0.25) is 14.5 Å². The van der Waals surface area contributed by atoms with E-state index in [-0.39, 0.29) is 24.2 Å². The van der Waals surface area contributed by atoms with Crippen LogP contribution >= 0.6 is 0 Å². The first kappa shape index (κ1) is 17.4. The van der Waals surface area contributed by atoms with Crippen LogP contribution < -0.4 is 5.32 Å². The Morgan fingerprint density at radius 1 is 1.26 bits per heavy atom. The fourth-order valence-electron chi connectivity index (χ4n) is 2.34. The summed E-state index contributed by atoms with van der Waals surface area (Å²) in [5.41, 5.74) is 0.507. The van der Waals surface area contributed by atoms with Gasteiger partial charge in [-0.15, -0.1) is 0 Å². The summed E-state index contributed by atoms with van der Waals surface area (Å²) >= 11 is 0. The van der Waals surface area contributed by atoms with E-state index >= 15 is 0 Å². The number of benzene rings is 1. The molecule has 0 radical (unpaired) electrons. The van der Waals surface area contributed by atoms with E-state index in [1.807, 2.05) is 0 Å². The van der Waals surface area contributed by atoms with Crippen LogP contribution in [0.5, 0.6) is 0 Å². The molecule has 126 valence electrons. The van der Waals surface area contributed by atoms with Crippen molar-refractivity contribution in [2.24, 2.45) is 0 Å². The molecule has 1 saturated heterocycles. The molecule has 1 aromatic rings. The number of anilines is 1. The van der Waals surface area contributed by atoms with Crippen LogP contribution in [-0.4, -0.2) is 67.6 Å². The number of rotatable bonds is 6. The quantitative estimate of drug-likeness (QED) is 0.846. The smallest absolute Gasteiger partial charge is 0.243 e. The normalized spacial score (nSPS) is 15.2. The van der Waals surface area contributed by atoms with Crippen molar-refractivity contribution in [2.75, 3.05) is 51.3 Å². The molecule has 0 unspecified atom stereocenters. The minimum Gasteiger partial charge on any atom is -0.379 e. The lowest BCUT2D eigenvalue weighted by molar-refractivity contribution is -0.133. The molecule has 1 aliphatic heterocycles. The molecular formula is C16H22FN3O3. The zero-order valence-electron chi connectivity index (χ0n) is 13.3. The van der Waals surface area contributed by atoms with Gasteiger partial charge in [0.05, 0.1) is 19.8 Å². The van der Waals surface area contributed by atoms with Crippen molar-refractivity contribution < 1.29 is 18.7 Å². The Bertz CT molecular complexity index is 530. The van der Waals surface area contributed by atoms with Crippen LogP contribution in [0.15, 0.2) is 24.3 Å². The summed E-state index contributed by atoms with van der Waals surface area (Å²) in [5, 5.41) is 2.66. The van der Waals surface area contributed by atoms with Crippen LogP contribution in [0.25, 0.3) is 0 Å². The predicted octanol–water partition coefficient (Wildman–Crippen LogP) is 0.945. The highest BCUT2D eigenvalue weighted by molar-refractivity contribution is 5.94. The first-order valence-corrected chi connectivity index (χ1v) is 7.65. The Morgan fingerprint density at radius 3 is 2.52 bits per heavy atom. The maximum atomic E-state index is 12.8. The largest absolute Gasteiger partial charge is 0.379 e. The molecular weight excluding hydrogens is 301 g/mol. The van der Waals surface area contributed by atoms with Crippen molar-refractivity contribution >= 4 is 17.5 Å². The molecule has 2 amide bonds. The number of nitrogens with one attached hydrogen (secondary N) is 1. The van der Waals surface area contributed by atoms with E-state index in [0.717, 1.165) is 13.1 Å². The van der Waals surface area contributed by atoms with Gasteiger partial charge in [0.1, 0.15) is 5.82 Å². The molecule has 0 aliphatic carbocycles. The zero-order valence-corrected chi connectivity index (χ0v) is 13.3. The van der Waals surface area contributed by atoms with Crippen LogP contribution in [0.1, 0.15) is 6.92 Å². The minimum absolute atomic E-state index is 0.0168. The summed E-state index contributed by atoms with van der Waals surface area (Å²) in [6.45, 7) is 5.72. The van der Waals surface area contributed by atoms with E-state index < -0.39 is 0 Å². The van der Waals surface area contributed by atoms with E-state index in [2.05, 4.69) is 10.2 Å². The van der Waals surface area contributed by atoms with E-state index in [0.29, 0.717) is 32.0 Å². The van der Waals surface area contributed by atoms with Gasteiger partial charge in [0.25, 0.3) is 0 Å². The summed E-state index contributed by atoms with van der Waals surface area (Å²) < 4.78 is 18.1. The third kappa shape index (κ3) is 5.96. The summed E-state index contributed by atoms with van der Waals surface area (Å²) in [6, 6.07) is 5.52. The van der Waals surface area contributed by atoms with Gasteiger partial charge in [0.15, 0.2) is 0 Å². The number of carbonyl (C=O) groups excluding carboxylic acids is 2. The lowest BCUT2D eigenvalue weighted by atomic mass is 10.3. The van der Waals surface area contributed by atoms with E-state index in [9.17, 15) is 14.0 Å². The van der Waals surface area contributed by atoms with E-state index in [1.165, 1.54) is 36.1 Å². The first-order valence-electron chi connectivity index (χ1n) is 7.65. The molecule has 0 bridgehead atoms. The number of carbonyl (C=O) groups is 2. The molecule has 23 heavy (non-hydrogen) atoms. The summed E-state index contributed by atoms with van der Waals surface area (Å²) in [5.74, 6) is -0.805. The van der Waals surface area contributed by atoms with Gasteiger partial charge in [0.2, 0.25) is 11.8 Å². The average Bonchev–Trinajstić information content (AvgIpc) is 2.54. The second-order valence-corrected chi connectivity index (χ2v) is 5.45. The molecule has 1 heterocycles. The third-order valence-corrected chi connectivity index (χ3v) is 3.70. The molecule has 0 aromatic heterocycles. The number of amides is 2. The van der Waals surface area contributed by atoms with Crippen LogP contribution in [0.3, 0.4) is 0 Å². The first-order chi connectivity index (χ1) is 11.0. The summed E-state index contributed by atoms with van der Waals surface area (Å²) in [6.07, 6.45) is 0. The predicted molar refractivity (Wildman–Crippen MR) is 84.5 cm³/mol. The van der Waals surface area contributed by atoms with Crippen LogP contribution in [0.4, 0.5) is 10.1 Å². The highest BCUT2D eigenvalue weighted by Crippen LogP contribution is 2.08. The van der Waals surface area contributed by atoms with Gasteiger partial charge in [-0.05, 0) is 24.3 Å². The minimum atomic E-state index is -0.362. The molecule has 0 spiro atoms. The van der Waals surface area contributed by atoms with E-state index in [1.54, 1.807) is 0 Å². The van der Waals surface area contributed by atoms with Crippen molar-refractivity contribution in [1.29, 1.82) is 0 Å². The molecule has 1 aromatic carbocycles. The van der Waals surface area contributed by atoms with Crippen molar-refractivity contribution in [3.05, 3.63) is 30.1 Å². The molecule has 1 aliphatic rings.